The monoisotopic (exact) mass is 472 g/mol. The molecule has 1 amide bonds. The van der Waals surface area contributed by atoms with Crippen molar-refractivity contribution in [3.05, 3.63) is 92.9 Å². The van der Waals surface area contributed by atoms with Crippen molar-refractivity contribution in [3.8, 4) is 11.5 Å². The molecule has 0 aliphatic carbocycles. The van der Waals surface area contributed by atoms with Gasteiger partial charge in [-0.25, -0.2) is 5.43 Å². The van der Waals surface area contributed by atoms with Gasteiger partial charge >= 0.3 is 0 Å². The molecule has 0 aliphatic heterocycles. The molecule has 0 unspecified atom stereocenters. The molecule has 0 atom stereocenters. The minimum atomic E-state index is -0.297. The number of hydrogen-bond donors (Lipinski definition) is 1. The molecular formula is C22H18BrClN2O3. The molecule has 3 aromatic rings. The zero-order valence-electron chi connectivity index (χ0n) is 15.6. The van der Waals surface area contributed by atoms with Gasteiger partial charge in [0, 0.05) is 20.6 Å². The second-order valence-electron chi connectivity index (χ2n) is 6.00. The van der Waals surface area contributed by atoms with Crippen LogP contribution in [0.3, 0.4) is 0 Å². The molecule has 0 radical (unpaired) electrons. The van der Waals surface area contributed by atoms with Crippen molar-refractivity contribution in [3.63, 3.8) is 0 Å². The van der Waals surface area contributed by atoms with Gasteiger partial charge in [-0.05, 0) is 48.0 Å². The largest absolute Gasteiger partial charge is 0.493 e. The van der Waals surface area contributed by atoms with E-state index in [1.54, 1.807) is 37.4 Å². The predicted octanol–water partition coefficient (Wildman–Crippen LogP) is 5.45. The first kappa shape index (κ1) is 20.9. The first-order valence-corrected chi connectivity index (χ1v) is 9.87. The lowest BCUT2D eigenvalue weighted by molar-refractivity contribution is 0.0955. The van der Waals surface area contributed by atoms with Crippen molar-refractivity contribution < 1.29 is 14.3 Å². The molecule has 148 valence electrons. The highest BCUT2D eigenvalue weighted by atomic mass is 79.9. The van der Waals surface area contributed by atoms with E-state index in [0.29, 0.717) is 28.7 Å². The third-order valence-corrected chi connectivity index (χ3v) is 4.86. The lowest BCUT2D eigenvalue weighted by Crippen LogP contribution is -2.17. The Morgan fingerprint density at radius 2 is 1.93 bits per heavy atom. The quantitative estimate of drug-likeness (QED) is 0.366. The first-order chi connectivity index (χ1) is 14.1. The van der Waals surface area contributed by atoms with Crippen LogP contribution in [0.4, 0.5) is 0 Å². The summed E-state index contributed by atoms with van der Waals surface area (Å²) in [5.41, 5.74) is 4.65. The summed E-state index contributed by atoms with van der Waals surface area (Å²) in [4.78, 5) is 12.1. The smallest absolute Gasteiger partial charge is 0.271 e. The number of ether oxygens (including phenoxy) is 2. The summed E-state index contributed by atoms with van der Waals surface area (Å²) >= 11 is 9.50. The van der Waals surface area contributed by atoms with Gasteiger partial charge in [-0.15, -0.1) is 0 Å². The van der Waals surface area contributed by atoms with E-state index >= 15 is 0 Å². The van der Waals surface area contributed by atoms with Gasteiger partial charge in [0.25, 0.3) is 5.91 Å². The molecule has 0 heterocycles. The van der Waals surface area contributed by atoms with Gasteiger partial charge in [-0.1, -0.05) is 51.8 Å². The Morgan fingerprint density at radius 3 is 2.69 bits per heavy atom. The van der Waals surface area contributed by atoms with Gasteiger partial charge < -0.3 is 9.47 Å². The topological polar surface area (TPSA) is 59.9 Å². The van der Waals surface area contributed by atoms with E-state index in [-0.39, 0.29) is 5.91 Å². The maximum Gasteiger partial charge on any atom is 0.271 e. The summed E-state index contributed by atoms with van der Waals surface area (Å²) in [5.74, 6) is 0.844. The molecule has 0 fully saturated rings. The number of methoxy groups -OCH3 is 1. The number of hydrogen-bond acceptors (Lipinski definition) is 4. The van der Waals surface area contributed by atoms with Crippen LogP contribution in [0.2, 0.25) is 5.02 Å². The molecule has 0 aromatic heterocycles. The standard InChI is InChI=1S/C22H18BrClN2O3/c1-28-21-11-15(13-25-26-22(27)16-6-4-7-18(23)12-16)9-10-20(21)29-14-17-5-2-3-8-19(17)24/h2-13H,14H2,1H3,(H,26,27)/b25-13-. The number of benzene rings is 3. The molecule has 0 saturated heterocycles. The fourth-order valence-corrected chi connectivity index (χ4v) is 3.10. The maximum atomic E-state index is 12.1. The van der Waals surface area contributed by atoms with E-state index in [1.165, 1.54) is 6.21 Å². The summed E-state index contributed by atoms with van der Waals surface area (Å²) in [5, 5.41) is 4.65. The van der Waals surface area contributed by atoms with Crippen LogP contribution in [-0.2, 0) is 6.61 Å². The summed E-state index contributed by atoms with van der Waals surface area (Å²) in [6.07, 6.45) is 1.54. The molecule has 7 heteroatoms. The molecule has 0 saturated carbocycles. The number of nitrogens with zero attached hydrogens (tertiary/aromatic N) is 1. The number of amides is 1. The highest BCUT2D eigenvalue weighted by Crippen LogP contribution is 2.29. The zero-order valence-corrected chi connectivity index (χ0v) is 17.9. The van der Waals surface area contributed by atoms with E-state index in [2.05, 4.69) is 26.5 Å². The van der Waals surface area contributed by atoms with Crippen LogP contribution in [0.25, 0.3) is 0 Å². The third-order valence-electron chi connectivity index (χ3n) is 4.00. The van der Waals surface area contributed by atoms with Crippen molar-refractivity contribution >= 4 is 39.7 Å². The van der Waals surface area contributed by atoms with Crippen molar-refractivity contribution in [2.75, 3.05) is 7.11 Å². The number of halogens is 2. The zero-order chi connectivity index (χ0) is 20.6. The van der Waals surface area contributed by atoms with Crippen molar-refractivity contribution in [2.45, 2.75) is 6.61 Å². The van der Waals surface area contributed by atoms with Crippen molar-refractivity contribution in [2.24, 2.45) is 5.10 Å². The molecule has 3 rings (SSSR count). The summed E-state index contributed by atoms with van der Waals surface area (Å²) in [6, 6.07) is 19.9. The number of rotatable bonds is 7. The summed E-state index contributed by atoms with van der Waals surface area (Å²) in [7, 11) is 1.56. The molecule has 3 aromatic carbocycles. The predicted molar refractivity (Wildman–Crippen MR) is 118 cm³/mol. The molecule has 0 spiro atoms. The van der Waals surface area contributed by atoms with Gasteiger partial charge in [0.15, 0.2) is 11.5 Å². The Kier molecular flexibility index (Phi) is 7.27. The SMILES string of the molecule is COc1cc(/C=N\NC(=O)c2cccc(Br)c2)ccc1OCc1ccccc1Cl. The maximum absolute atomic E-state index is 12.1. The van der Waals surface area contributed by atoms with Crippen LogP contribution >= 0.6 is 27.5 Å². The van der Waals surface area contributed by atoms with Gasteiger partial charge in [0.05, 0.1) is 13.3 Å². The molecule has 29 heavy (non-hydrogen) atoms. The number of hydrazone groups is 1. The van der Waals surface area contributed by atoms with Crippen LogP contribution in [0.1, 0.15) is 21.5 Å². The van der Waals surface area contributed by atoms with Crippen LogP contribution in [0, 0.1) is 0 Å². The highest BCUT2D eigenvalue weighted by molar-refractivity contribution is 9.10. The van der Waals surface area contributed by atoms with Crippen LogP contribution in [0.5, 0.6) is 11.5 Å². The van der Waals surface area contributed by atoms with E-state index in [0.717, 1.165) is 15.6 Å². The Hall–Kier alpha value is -2.83. The van der Waals surface area contributed by atoms with Gasteiger partial charge in [-0.2, -0.15) is 5.10 Å². The number of nitrogens with one attached hydrogen (secondary N) is 1. The highest BCUT2D eigenvalue weighted by Gasteiger charge is 2.08. The number of carbonyl (C=O) groups excluding carboxylic acids is 1. The summed E-state index contributed by atoms with van der Waals surface area (Å²) in [6.45, 7) is 0.326. The van der Waals surface area contributed by atoms with Gasteiger partial charge in [0.1, 0.15) is 6.61 Å². The van der Waals surface area contributed by atoms with Gasteiger partial charge in [-0.3, -0.25) is 4.79 Å². The van der Waals surface area contributed by atoms with E-state index < -0.39 is 0 Å². The second-order valence-corrected chi connectivity index (χ2v) is 7.32. The van der Waals surface area contributed by atoms with Crippen molar-refractivity contribution in [1.82, 2.24) is 5.43 Å². The minimum Gasteiger partial charge on any atom is -0.493 e. The average Bonchev–Trinajstić information content (AvgIpc) is 2.73. The summed E-state index contributed by atoms with van der Waals surface area (Å²) < 4.78 is 12.1. The second kappa shape index (κ2) is 10.1. The van der Waals surface area contributed by atoms with E-state index in [4.69, 9.17) is 21.1 Å². The van der Waals surface area contributed by atoms with Crippen molar-refractivity contribution in [1.29, 1.82) is 0 Å². The molecular weight excluding hydrogens is 456 g/mol. The van der Waals surface area contributed by atoms with Gasteiger partial charge in [0.2, 0.25) is 0 Å². The normalized spacial score (nSPS) is 10.7. The van der Waals surface area contributed by atoms with Crippen LogP contribution < -0.4 is 14.9 Å². The number of carbonyl (C=O) groups is 1. The first-order valence-electron chi connectivity index (χ1n) is 8.70. The van der Waals surface area contributed by atoms with Crippen LogP contribution in [-0.4, -0.2) is 19.2 Å². The Labute approximate surface area is 182 Å². The molecule has 5 nitrogen and oxygen atoms in total. The lowest BCUT2D eigenvalue weighted by Gasteiger charge is -2.12. The molecule has 0 bridgehead atoms. The molecule has 1 N–H and O–H groups in total. The minimum absolute atomic E-state index is 0.297. The lowest BCUT2D eigenvalue weighted by atomic mass is 10.2. The molecule has 0 aliphatic rings. The van der Waals surface area contributed by atoms with E-state index in [9.17, 15) is 4.79 Å². The van der Waals surface area contributed by atoms with Crippen LogP contribution in [0.15, 0.2) is 76.3 Å². The Morgan fingerprint density at radius 1 is 1.10 bits per heavy atom. The Balaban J connectivity index is 1.64. The third kappa shape index (κ3) is 5.82. The van der Waals surface area contributed by atoms with E-state index in [1.807, 2.05) is 36.4 Å². The average molecular weight is 474 g/mol. The fraction of sp³-hybridized carbons (Fsp3) is 0.0909. The Bertz CT molecular complexity index is 1040. The fourth-order valence-electron chi connectivity index (χ4n) is 2.51.